The van der Waals surface area contributed by atoms with Crippen LogP contribution in [-0.4, -0.2) is 36.6 Å². The molecule has 0 spiro atoms. The summed E-state index contributed by atoms with van der Waals surface area (Å²) in [7, 11) is 1.38. The van der Waals surface area contributed by atoms with E-state index in [1.165, 1.54) is 25.3 Å². The lowest BCUT2D eigenvalue weighted by Gasteiger charge is -2.12. The third kappa shape index (κ3) is 5.00. The molecule has 146 valence electrons. The number of anilines is 2. The van der Waals surface area contributed by atoms with Crippen LogP contribution in [0.25, 0.3) is 0 Å². The predicted octanol–water partition coefficient (Wildman–Crippen LogP) is 2.76. The van der Waals surface area contributed by atoms with Gasteiger partial charge in [0.25, 0.3) is 5.91 Å². The number of nitrogens with one attached hydrogen (secondary N) is 2. The van der Waals surface area contributed by atoms with Crippen LogP contribution in [0.5, 0.6) is 11.5 Å². The number of rotatable bonds is 8. The zero-order chi connectivity index (χ0) is 20.1. The second-order valence-electron chi connectivity index (χ2n) is 6.35. The molecule has 0 radical (unpaired) electrons. The standard InChI is InChI=1S/C20H20N2O6/c1-27-17-9-13(20(25)26)7-8-16(17)22-18(23)11-28-15-4-2-3-14(10-15)21-19(24)12-5-6-12/h2-4,7-10,12H,5-6,11H2,1H3,(H,21,24)(H,22,23)(H,25,26). The molecule has 8 heteroatoms. The first-order valence-corrected chi connectivity index (χ1v) is 8.71. The molecule has 0 unspecified atom stereocenters. The van der Waals surface area contributed by atoms with Crippen LogP contribution in [0.4, 0.5) is 11.4 Å². The first-order valence-electron chi connectivity index (χ1n) is 8.71. The zero-order valence-electron chi connectivity index (χ0n) is 15.2. The van der Waals surface area contributed by atoms with Crippen molar-refractivity contribution in [1.29, 1.82) is 0 Å². The van der Waals surface area contributed by atoms with E-state index in [4.69, 9.17) is 14.6 Å². The Kier molecular flexibility index (Phi) is 5.78. The second kappa shape index (κ2) is 8.43. The minimum Gasteiger partial charge on any atom is -0.495 e. The summed E-state index contributed by atoms with van der Waals surface area (Å²) in [5, 5.41) is 14.4. The molecule has 2 aromatic rings. The van der Waals surface area contributed by atoms with Crippen molar-refractivity contribution >= 4 is 29.2 Å². The van der Waals surface area contributed by atoms with E-state index in [1.54, 1.807) is 24.3 Å². The predicted molar refractivity (Wildman–Crippen MR) is 102 cm³/mol. The fraction of sp³-hybridized carbons (Fsp3) is 0.250. The molecule has 0 atom stereocenters. The van der Waals surface area contributed by atoms with Gasteiger partial charge in [0.2, 0.25) is 5.91 Å². The Morgan fingerprint density at radius 1 is 1.11 bits per heavy atom. The summed E-state index contributed by atoms with van der Waals surface area (Å²) in [6, 6.07) is 11.0. The number of carbonyl (C=O) groups is 3. The first-order chi connectivity index (χ1) is 13.5. The minimum absolute atomic E-state index is 0.00760. The molecule has 0 aliphatic heterocycles. The molecule has 3 rings (SSSR count). The summed E-state index contributed by atoms with van der Waals surface area (Å²) in [5.41, 5.74) is 1.00. The minimum atomic E-state index is -1.09. The number of amides is 2. The molecule has 28 heavy (non-hydrogen) atoms. The van der Waals surface area contributed by atoms with Crippen molar-refractivity contribution in [3.05, 3.63) is 48.0 Å². The summed E-state index contributed by atoms with van der Waals surface area (Å²) in [6.45, 7) is -0.260. The van der Waals surface area contributed by atoms with Gasteiger partial charge in [0.15, 0.2) is 6.61 Å². The summed E-state index contributed by atoms with van der Waals surface area (Å²) in [4.78, 5) is 35.0. The molecule has 0 saturated heterocycles. The topological polar surface area (TPSA) is 114 Å². The van der Waals surface area contributed by atoms with Crippen LogP contribution < -0.4 is 20.1 Å². The average molecular weight is 384 g/mol. The lowest BCUT2D eigenvalue weighted by molar-refractivity contribution is -0.118. The number of carbonyl (C=O) groups excluding carboxylic acids is 2. The maximum atomic E-state index is 12.2. The first kappa shape index (κ1) is 19.2. The van der Waals surface area contributed by atoms with E-state index < -0.39 is 11.9 Å². The van der Waals surface area contributed by atoms with Crippen molar-refractivity contribution in [2.75, 3.05) is 24.4 Å². The molecule has 3 N–H and O–H groups in total. The number of carboxylic acids is 1. The van der Waals surface area contributed by atoms with Crippen molar-refractivity contribution in [3.8, 4) is 11.5 Å². The Bertz CT molecular complexity index is 907. The van der Waals surface area contributed by atoms with Crippen LogP contribution in [-0.2, 0) is 9.59 Å². The van der Waals surface area contributed by atoms with Gasteiger partial charge in [-0.05, 0) is 43.2 Å². The van der Waals surface area contributed by atoms with Gasteiger partial charge in [0.05, 0.1) is 18.4 Å². The zero-order valence-corrected chi connectivity index (χ0v) is 15.2. The number of benzene rings is 2. The monoisotopic (exact) mass is 384 g/mol. The maximum Gasteiger partial charge on any atom is 0.335 e. The summed E-state index contributed by atoms with van der Waals surface area (Å²) in [6.07, 6.45) is 1.83. The SMILES string of the molecule is COc1cc(C(=O)O)ccc1NC(=O)COc1cccc(NC(=O)C2CC2)c1. The molecule has 0 heterocycles. The van der Waals surface area contributed by atoms with E-state index >= 15 is 0 Å². The lowest BCUT2D eigenvalue weighted by Crippen LogP contribution is -2.20. The van der Waals surface area contributed by atoms with Crippen LogP contribution in [0, 0.1) is 5.92 Å². The highest BCUT2D eigenvalue weighted by Crippen LogP contribution is 2.30. The van der Waals surface area contributed by atoms with Crippen molar-refractivity contribution in [2.24, 2.45) is 5.92 Å². The second-order valence-corrected chi connectivity index (χ2v) is 6.35. The highest BCUT2D eigenvalue weighted by atomic mass is 16.5. The molecule has 1 aliphatic carbocycles. The summed E-state index contributed by atoms with van der Waals surface area (Å²) < 4.78 is 10.6. The van der Waals surface area contributed by atoms with E-state index in [-0.39, 0.29) is 29.7 Å². The van der Waals surface area contributed by atoms with Crippen molar-refractivity contribution in [1.82, 2.24) is 0 Å². The van der Waals surface area contributed by atoms with Gasteiger partial charge in [-0.1, -0.05) is 6.07 Å². The van der Waals surface area contributed by atoms with Crippen LogP contribution in [0.1, 0.15) is 23.2 Å². The van der Waals surface area contributed by atoms with E-state index in [9.17, 15) is 14.4 Å². The highest BCUT2D eigenvalue weighted by molar-refractivity contribution is 5.95. The van der Waals surface area contributed by atoms with Crippen molar-refractivity contribution in [2.45, 2.75) is 12.8 Å². The largest absolute Gasteiger partial charge is 0.495 e. The van der Waals surface area contributed by atoms with Crippen LogP contribution in [0.2, 0.25) is 0 Å². The van der Waals surface area contributed by atoms with Gasteiger partial charge < -0.3 is 25.2 Å². The third-order valence-corrected chi connectivity index (χ3v) is 4.14. The highest BCUT2D eigenvalue weighted by Gasteiger charge is 2.29. The van der Waals surface area contributed by atoms with Gasteiger partial charge >= 0.3 is 5.97 Å². The Morgan fingerprint density at radius 3 is 2.57 bits per heavy atom. The Morgan fingerprint density at radius 2 is 1.89 bits per heavy atom. The van der Waals surface area contributed by atoms with Crippen molar-refractivity contribution in [3.63, 3.8) is 0 Å². The molecule has 1 saturated carbocycles. The number of hydrogen-bond donors (Lipinski definition) is 3. The molecular weight excluding hydrogens is 364 g/mol. The van der Waals surface area contributed by atoms with Gasteiger partial charge in [-0.25, -0.2) is 4.79 Å². The Hall–Kier alpha value is -3.55. The average Bonchev–Trinajstić information content (AvgIpc) is 3.52. The van der Waals surface area contributed by atoms with Crippen molar-refractivity contribution < 1.29 is 29.0 Å². The maximum absolute atomic E-state index is 12.2. The molecule has 1 fully saturated rings. The van der Waals surface area contributed by atoms with Gasteiger partial charge in [-0.15, -0.1) is 0 Å². The molecule has 0 aromatic heterocycles. The number of methoxy groups -OCH3 is 1. The van der Waals surface area contributed by atoms with Crippen LogP contribution in [0.3, 0.4) is 0 Å². The summed E-state index contributed by atoms with van der Waals surface area (Å²) in [5.74, 6) is -0.762. The molecule has 2 aromatic carbocycles. The Balaban J connectivity index is 1.57. The van der Waals surface area contributed by atoms with Gasteiger partial charge in [-0.2, -0.15) is 0 Å². The quantitative estimate of drug-likeness (QED) is 0.645. The number of aromatic carboxylic acids is 1. The molecule has 2 amide bonds. The molecule has 0 bridgehead atoms. The number of ether oxygens (including phenoxy) is 2. The molecule has 8 nitrogen and oxygen atoms in total. The fourth-order valence-electron chi connectivity index (χ4n) is 2.52. The van der Waals surface area contributed by atoms with Gasteiger partial charge in [0, 0.05) is 17.7 Å². The third-order valence-electron chi connectivity index (χ3n) is 4.14. The van der Waals surface area contributed by atoms with Crippen LogP contribution >= 0.6 is 0 Å². The number of hydrogen-bond acceptors (Lipinski definition) is 5. The molecule has 1 aliphatic rings. The number of carboxylic acid groups (broad SMARTS) is 1. The fourth-order valence-corrected chi connectivity index (χ4v) is 2.52. The lowest BCUT2D eigenvalue weighted by atomic mass is 10.2. The van der Waals surface area contributed by atoms with E-state index in [0.29, 0.717) is 17.1 Å². The van der Waals surface area contributed by atoms with Gasteiger partial charge in [-0.3, -0.25) is 9.59 Å². The summed E-state index contributed by atoms with van der Waals surface area (Å²) >= 11 is 0. The van der Waals surface area contributed by atoms with Gasteiger partial charge in [0.1, 0.15) is 11.5 Å². The van der Waals surface area contributed by atoms with E-state index in [2.05, 4.69) is 10.6 Å². The normalized spacial score (nSPS) is 12.8. The Labute approximate surface area is 161 Å². The molecular formula is C20H20N2O6. The van der Waals surface area contributed by atoms with Crippen LogP contribution in [0.15, 0.2) is 42.5 Å². The van der Waals surface area contributed by atoms with E-state index in [1.807, 2.05) is 0 Å². The smallest absolute Gasteiger partial charge is 0.335 e. The van der Waals surface area contributed by atoms with E-state index in [0.717, 1.165) is 12.8 Å².